The molecule has 1 unspecified atom stereocenters. The molecule has 5 heteroatoms. The molecule has 0 aliphatic rings. The zero-order chi connectivity index (χ0) is 9.10. The van der Waals surface area contributed by atoms with E-state index in [0.29, 0.717) is 0 Å². The molecule has 66 valence electrons. The third-order valence-electron chi connectivity index (χ3n) is 1.74. The Morgan fingerprint density at radius 3 is 2.92 bits per heavy atom. The smallest absolute Gasteiger partial charge is 0.0956 e. The maximum absolute atomic E-state index is 5.92. The number of nitrogens with zero attached hydrogens (tertiary/aromatic N) is 3. The van der Waals surface area contributed by atoms with Crippen molar-refractivity contribution in [3.8, 4) is 0 Å². The second kappa shape index (κ2) is 3.59. The summed E-state index contributed by atoms with van der Waals surface area (Å²) >= 11 is 1.16. The van der Waals surface area contributed by atoms with Crippen LogP contribution >= 0.6 is 11.7 Å². The van der Waals surface area contributed by atoms with Crippen molar-refractivity contribution in [1.29, 1.82) is 0 Å². The van der Waals surface area contributed by atoms with Crippen molar-refractivity contribution in [3.63, 3.8) is 0 Å². The molecule has 13 heavy (non-hydrogen) atoms. The Kier molecular flexibility index (Phi) is 2.29. The van der Waals surface area contributed by atoms with Crippen molar-refractivity contribution < 1.29 is 0 Å². The van der Waals surface area contributed by atoms with Crippen molar-refractivity contribution in [2.45, 2.75) is 6.04 Å². The van der Waals surface area contributed by atoms with Crippen LogP contribution in [0.3, 0.4) is 0 Å². The molecule has 0 spiro atoms. The van der Waals surface area contributed by atoms with Crippen LogP contribution in [-0.2, 0) is 0 Å². The van der Waals surface area contributed by atoms with Crippen molar-refractivity contribution >= 4 is 11.7 Å². The lowest BCUT2D eigenvalue weighted by Gasteiger charge is -2.06. The molecule has 2 aromatic heterocycles. The molecular weight excluding hydrogens is 184 g/mol. The van der Waals surface area contributed by atoms with Crippen LogP contribution in [0.15, 0.2) is 30.7 Å². The van der Waals surface area contributed by atoms with Gasteiger partial charge < -0.3 is 5.73 Å². The highest BCUT2D eigenvalue weighted by molar-refractivity contribution is 6.99. The van der Waals surface area contributed by atoms with Gasteiger partial charge in [0.1, 0.15) is 0 Å². The molecule has 0 saturated carbocycles. The average Bonchev–Trinajstić information content (AvgIpc) is 2.71. The fourth-order valence-corrected chi connectivity index (χ4v) is 1.50. The van der Waals surface area contributed by atoms with E-state index in [1.165, 1.54) is 0 Å². The monoisotopic (exact) mass is 192 g/mol. The first kappa shape index (κ1) is 8.28. The molecule has 0 aromatic carbocycles. The minimum Gasteiger partial charge on any atom is -0.319 e. The molecule has 0 aliphatic heterocycles. The first-order valence-electron chi connectivity index (χ1n) is 3.81. The molecular formula is C8H8N4S. The number of nitrogens with two attached hydrogens (primary N) is 1. The molecule has 0 bridgehead atoms. The summed E-state index contributed by atoms with van der Waals surface area (Å²) in [6, 6.07) is 3.57. The quantitative estimate of drug-likeness (QED) is 0.770. The summed E-state index contributed by atoms with van der Waals surface area (Å²) in [4.78, 5) is 3.99. The van der Waals surface area contributed by atoms with Gasteiger partial charge in [0, 0.05) is 12.4 Å². The van der Waals surface area contributed by atoms with E-state index in [9.17, 15) is 0 Å². The van der Waals surface area contributed by atoms with E-state index in [1.807, 2.05) is 12.1 Å². The molecule has 2 N–H and O–H groups in total. The van der Waals surface area contributed by atoms with Gasteiger partial charge in [0.15, 0.2) is 0 Å². The zero-order valence-electron chi connectivity index (χ0n) is 6.79. The van der Waals surface area contributed by atoms with E-state index >= 15 is 0 Å². The summed E-state index contributed by atoms with van der Waals surface area (Å²) < 4.78 is 7.97. The van der Waals surface area contributed by atoms with Crippen LogP contribution in [0, 0.1) is 0 Å². The average molecular weight is 192 g/mol. The minimum absolute atomic E-state index is 0.215. The summed E-state index contributed by atoms with van der Waals surface area (Å²) in [6.45, 7) is 0. The number of pyridine rings is 1. The van der Waals surface area contributed by atoms with Crippen molar-refractivity contribution in [2.24, 2.45) is 5.73 Å². The van der Waals surface area contributed by atoms with E-state index in [2.05, 4.69) is 13.7 Å². The highest BCUT2D eigenvalue weighted by Gasteiger charge is 2.10. The second-order valence-corrected chi connectivity index (χ2v) is 3.15. The summed E-state index contributed by atoms with van der Waals surface area (Å²) in [5.41, 5.74) is 7.67. The van der Waals surface area contributed by atoms with E-state index in [4.69, 9.17) is 5.73 Å². The molecule has 0 amide bonds. The fourth-order valence-electron chi connectivity index (χ4n) is 1.04. The largest absolute Gasteiger partial charge is 0.319 e. The third kappa shape index (κ3) is 1.71. The zero-order valence-corrected chi connectivity index (χ0v) is 7.61. The van der Waals surface area contributed by atoms with E-state index < -0.39 is 0 Å². The lowest BCUT2D eigenvalue weighted by molar-refractivity contribution is 0.837. The fraction of sp³-hybridized carbons (Fsp3) is 0.125. The van der Waals surface area contributed by atoms with Gasteiger partial charge in [-0.15, -0.1) is 0 Å². The minimum atomic E-state index is -0.215. The summed E-state index contributed by atoms with van der Waals surface area (Å²) in [5.74, 6) is 0. The molecule has 0 saturated heterocycles. The standard InChI is InChI=1S/C8H8N4S/c9-8(7-5-11-13-12-7)6-2-1-3-10-4-6/h1-5,8H,9H2. The summed E-state index contributed by atoms with van der Waals surface area (Å²) in [5, 5.41) is 0. The molecule has 2 aromatic rings. The van der Waals surface area contributed by atoms with Crippen molar-refractivity contribution in [1.82, 2.24) is 13.7 Å². The summed E-state index contributed by atoms with van der Waals surface area (Å²) in [7, 11) is 0. The molecule has 1 atom stereocenters. The van der Waals surface area contributed by atoms with Crippen molar-refractivity contribution in [3.05, 3.63) is 42.0 Å². The van der Waals surface area contributed by atoms with Gasteiger partial charge in [-0.2, -0.15) is 8.75 Å². The highest BCUT2D eigenvalue weighted by Crippen LogP contribution is 2.15. The lowest BCUT2D eigenvalue weighted by atomic mass is 10.1. The van der Waals surface area contributed by atoms with E-state index in [-0.39, 0.29) is 6.04 Å². The van der Waals surface area contributed by atoms with Gasteiger partial charge in [-0.1, -0.05) is 6.07 Å². The van der Waals surface area contributed by atoms with Gasteiger partial charge in [-0.25, -0.2) is 0 Å². The van der Waals surface area contributed by atoms with Crippen LogP contribution in [0.1, 0.15) is 17.3 Å². The van der Waals surface area contributed by atoms with Crippen LogP contribution in [-0.4, -0.2) is 13.7 Å². The lowest BCUT2D eigenvalue weighted by Crippen LogP contribution is -2.12. The molecule has 2 heterocycles. The molecule has 0 radical (unpaired) electrons. The molecule has 4 nitrogen and oxygen atoms in total. The van der Waals surface area contributed by atoms with Gasteiger partial charge in [-0.3, -0.25) is 4.98 Å². The third-order valence-corrected chi connectivity index (χ3v) is 2.23. The topological polar surface area (TPSA) is 64.7 Å². The number of aromatic nitrogens is 3. The molecule has 0 aliphatic carbocycles. The highest BCUT2D eigenvalue weighted by atomic mass is 32.1. The van der Waals surface area contributed by atoms with Crippen LogP contribution in [0.4, 0.5) is 0 Å². The Balaban J connectivity index is 2.29. The normalized spacial score (nSPS) is 12.7. The van der Waals surface area contributed by atoms with Crippen LogP contribution in [0.5, 0.6) is 0 Å². The Bertz CT molecular complexity index is 359. The van der Waals surface area contributed by atoms with Crippen LogP contribution in [0.2, 0.25) is 0 Å². The number of hydrogen-bond donors (Lipinski definition) is 1. The first-order chi connectivity index (χ1) is 6.38. The molecule has 0 fully saturated rings. The number of hydrogen-bond acceptors (Lipinski definition) is 5. The van der Waals surface area contributed by atoms with Gasteiger partial charge >= 0.3 is 0 Å². The summed E-state index contributed by atoms with van der Waals surface area (Å²) in [6.07, 6.45) is 5.14. The second-order valence-electron chi connectivity index (χ2n) is 2.60. The van der Waals surface area contributed by atoms with E-state index in [0.717, 1.165) is 23.0 Å². The van der Waals surface area contributed by atoms with Gasteiger partial charge in [-0.05, 0) is 11.6 Å². The maximum atomic E-state index is 5.92. The Morgan fingerprint density at radius 2 is 2.31 bits per heavy atom. The Labute approximate surface area is 79.8 Å². The molecule has 2 rings (SSSR count). The number of rotatable bonds is 2. The van der Waals surface area contributed by atoms with Gasteiger partial charge in [0.05, 0.1) is 29.7 Å². The van der Waals surface area contributed by atoms with Gasteiger partial charge in [0.25, 0.3) is 0 Å². The SMILES string of the molecule is NC(c1cccnc1)c1cnsn1. The first-order valence-corrected chi connectivity index (χ1v) is 4.54. The Morgan fingerprint density at radius 1 is 1.38 bits per heavy atom. The predicted octanol–water partition coefficient (Wildman–Crippen LogP) is 0.981. The maximum Gasteiger partial charge on any atom is 0.0956 e. The van der Waals surface area contributed by atoms with Crippen LogP contribution in [0.25, 0.3) is 0 Å². The Hall–Kier alpha value is -1.33. The van der Waals surface area contributed by atoms with Crippen molar-refractivity contribution in [2.75, 3.05) is 0 Å². The van der Waals surface area contributed by atoms with Gasteiger partial charge in [0.2, 0.25) is 0 Å². The van der Waals surface area contributed by atoms with E-state index in [1.54, 1.807) is 18.6 Å². The predicted molar refractivity (Wildman–Crippen MR) is 50.2 cm³/mol. The van der Waals surface area contributed by atoms with Crippen LogP contribution < -0.4 is 5.73 Å².